The van der Waals surface area contributed by atoms with Crippen LogP contribution in [0, 0.1) is 11.2 Å². The Labute approximate surface area is 116 Å². The maximum Gasteiger partial charge on any atom is 0.234 e. The fourth-order valence-electron chi connectivity index (χ4n) is 1.51. The maximum atomic E-state index is 12.8. The number of hydrogen-bond donors (Lipinski definition) is 1. The molecule has 0 radical (unpaired) electrons. The maximum absolute atomic E-state index is 12.8. The predicted octanol–water partition coefficient (Wildman–Crippen LogP) is 3.81. The van der Waals surface area contributed by atoms with Gasteiger partial charge in [0, 0.05) is 0 Å². The quantitative estimate of drug-likeness (QED) is 0.844. The highest BCUT2D eigenvalue weighted by atomic mass is 79.9. The Bertz CT molecular complexity index is 411. The Kier molecular flexibility index (Phi) is 4.91. The molecule has 0 fully saturated rings. The standard InChI is InChI=1S/C14H19BrFNO/c1-9(10-5-7-11(16)8-6-10)17-13(18)12(15)14(2,3)4/h5-9,12H,1-4H3,(H,17,18). The van der Waals surface area contributed by atoms with E-state index in [0.29, 0.717) is 0 Å². The summed E-state index contributed by atoms with van der Waals surface area (Å²) in [6.07, 6.45) is 0. The van der Waals surface area contributed by atoms with Crippen LogP contribution in [0.5, 0.6) is 0 Å². The lowest BCUT2D eigenvalue weighted by Crippen LogP contribution is -2.39. The summed E-state index contributed by atoms with van der Waals surface area (Å²) in [4.78, 5) is 11.8. The topological polar surface area (TPSA) is 29.1 Å². The molecule has 1 aromatic rings. The number of rotatable bonds is 3. The van der Waals surface area contributed by atoms with Crippen LogP contribution in [0.4, 0.5) is 4.39 Å². The summed E-state index contributed by atoms with van der Waals surface area (Å²) in [6, 6.07) is 6.02. The summed E-state index contributed by atoms with van der Waals surface area (Å²) in [7, 11) is 0. The zero-order valence-electron chi connectivity index (χ0n) is 11.1. The van der Waals surface area contributed by atoms with Gasteiger partial charge in [0.15, 0.2) is 0 Å². The summed E-state index contributed by atoms with van der Waals surface area (Å²) in [5, 5.41) is 2.91. The van der Waals surface area contributed by atoms with Crippen molar-refractivity contribution in [1.82, 2.24) is 5.32 Å². The van der Waals surface area contributed by atoms with Gasteiger partial charge in [0.05, 0.1) is 10.9 Å². The van der Waals surface area contributed by atoms with E-state index in [4.69, 9.17) is 0 Å². The lowest BCUT2D eigenvalue weighted by molar-refractivity contribution is -0.122. The Morgan fingerprint density at radius 2 is 1.78 bits per heavy atom. The lowest BCUT2D eigenvalue weighted by Gasteiger charge is -2.26. The van der Waals surface area contributed by atoms with Crippen molar-refractivity contribution >= 4 is 21.8 Å². The van der Waals surface area contributed by atoms with Gasteiger partial charge in [-0.2, -0.15) is 0 Å². The molecular formula is C14H19BrFNO. The van der Waals surface area contributed by atoms with Crippen molar-refractivity contribution < 1.29 is 9.18 Å². The monoisotopic (exact) mass is 315 g/mol. The van der Waals surface area contributed by atoms with E-state index in [1.165, 1.54) is 12.1 Å². The largest absolute Gasteiger partial charge is 0.349 e. The second-order valence-electron chi connectivity index (χ2n) is 5.51. The van der Waals surface area contributed by atoms with Gasteiger partial charge in [-0.15, -0.1) is 0 Å². The first-order valence-electron chi connectivity index (χ1n) is 5.91. The molecule has 1 aromatic carbocycles. The molecule has 0 aliphatic rings. The van der Waals surface area contributed by atoms with Gasteiger partial charge in [-0.1, -0.05) is 48.8 Å². The van der Waals surface area contributed by atoms with Gasteiger partial charge in [0.2, 0.25) is 5.91 Å². The number of amides is 1. The number of benzene rings is 1. The van der Waals surface area contributed by atoms with E-state index in [2.05, 4.69) is 21.2 Å². The third kappa shape index (κ3) is 4.09. The van der Waals surface area contributed by atoms with Crippen LogP contribution < -0.4 is 5.32 Å². The van der Waals surface area contributed by atoms with Crippen molar-refractivity contribution in [3.05, 3.63) is 35.6 Å². The number of halogens is 2. The molecule has 1 amide bonds. The van der Waals surface area contributed by atoms with Gasteiger partial charge in [-0.05, 0) is 30.0 Å². The lowest BCUT2D eigenvalue weighted by atomic mass is 9.91. The van der Waals surface area contributed by atoms with E-state index in [1.54, 1.807) is 12.1 Å². The number of carbonyl (C=O) groups is 1. The molecule has 0 aliphatic heterocycles. The summed E-state index contributed by atoms with van der Waals surface area (Å²) >= 11 is 3.40. The molecule has 0 bridgehead atoms. The van der Waals surface area contributed by atoms with Gasteiger partial charge in [0.25, 0.3) is 0 Å². The van der Waals surface area contributed by atoms with Crippen molar-refractivity contribution in [2.45, 2.75) is 38.6 Å². The Hall–Kier alpha value is -0.900. The molecule has 2 atom stereocenters. The van der Waals surface area contributed by atoms with Crippen molar-refractivity contribution in [2.75, 3.05) is 0 Å². The molecule has 0 saturated carbocycles. The summed E-state index contributed by atoms with van der Waals surface area (Å²) in [6.45, 7) is 7.87. The highest BCUT2D eigenvalue weighted by molar-refractivity contribution is 9.10. The summed E-state index contributed by atoms with van der Waals surface area (Å²) in [5.41, 5.74) is 0.741. The highest BCUT2D eigenvalue weighted by Crippen LogP contribution is 2.27. The molecule has 4 heteroatoms. The summed E-state index contributed by atoms with van der Waals surface area (Å²) in [5.74, 6) is -0.329. The number of carbonyl (C=O) groups excluding carboxylic acids is 1. The van der Waals surface area contributed by atoms with Crippen LogP contribution in [-0.4, -0.2) is 10.7 Å². The van der Waals surface area contributed by atoms with Gasteiger partial charge in [0.1, 0.15) is 5.82 Å². The van der Waals surface area contributed by atoms with Crippen molar-refractivity contribution in [3.8, 4) is 0 Å². The first-order valence-corrected chi connectivity index (χ1v) is 6.83. The number of hydrogen-bond acceptors (Lipinski definition) is 1. The van der Waals surface area contributed by atoms with Crippen LogP contribution >= 0.6 is 15.9 Å². The molecule has 18 heavy (non-hydrogen) atoms. The molecule has 0 aliphatic carbocycles. The van der Waals surface area contributed by atoms with E-state index in [1.807, 2.05) is 27.7 Å². The zero-order valence-corrected chi connectivity index (χ0v) is 12.7. The van der Waals surface area contributed by atoms with E-state index in [-0.39, 0.29) is 28.0 Å². The molecule has 1 rings (SSSR count). The van der Waals surface area contributed by atoms with Crippen LogP contribution in [0.3, 0.4) is 0 Å². The third-order valence-corrected chi connectivity index (χ3v) is 4.51. The minimum atomic E-state index is -0.273. The van der Waals surface area contributed by atoms with E-state index in [0.717, 1.165) is 5.56 Å². The Morgan fingerprint density at radius 3 is 2.22 bits per heavy atom. The van der Waals surface area contributed by atoms with Gasteiger partial charge < -0.3 is 5.32 Å². The zero-order chi connectivity index (χ0) is 13.9. The molecule has 100 valence electrons. The smallest absolute Gasteiger partial charge is 0.234 e. The van der Waals surface area contributed by atoms with E-state index < -0.39 is 0 Å². The molecule has 2 unspecified atom stereocenters. The average Bonchev–Trinajstić information content (AvgIpc) is 2.27. The molecule has 1 N–H and O–H groups in total. The SMILES string of the molecule is CC(NC(=O)C(Br)C(C)(C)C)c1ccc(F)cc1. The van der Waals surface area contributed by atoms with Crippen molar-refractivity contribution in [3.63, 3.8) is 0 Å². The highest BCUT2D eigenvalue weighted by Gasteiger charge is 2.29. The third-order valence-electron chi connectivity index (χ3n) is 2.72. The van der Waals surface area contributed by atoms with E-state index >= 15 is 0 Å². The molecule has 0 spiro atoms. The Balaban J connectivity index is 2.68. The first-order chi connectivity index (χ1) is 8.21. The predicted molar refractivity (Wildman–Crippen MR) is 75.1 cm³/mol. The van der Waals surface area contributed by atoms with Crippen molar-refractivity contribution in [1.29, 1.82) is 0 Å². The molecule has 2 nitrogen and oxygen atoms in total. The van der Waals surface area contributed by atoms with Gasteiger partial charge in [-0.3, -0.25) is 4.79 Å². The van der Waals surface area contributed by atoms with Gasteiger partial charge >= 0.3 is 0 Å². The second kappa shape index (κ2) is 5.83. The van der Waals surface area contributed by atoms with E-state index in [9.17, 15) is 9.18 Å². The summed E-state index contributed by atoms with van der Waals surface area (Å²) < 4.78 is 12.8. The van der Waals surface area contributed by atoms with Gasteiger partial charge in [-0.25, -0.2) is 4.39 Å². The fourth-order valence-corrected chi connectivity index (χ4v) is 1.65. The van der Waals surface area contributed by atoms with Crippen LogP contribution in [0.15, 0.2) is 24.3 Å². The van der Waals surface area contributed by atoms with Crippen LogP contribution in [-0.2, 0) is 4.79 Å². The minimum Gasteiger partial charge on any atom is -0.349 e. The van der Waals surface area contributed by atoms with Crippen LogP contribution in [0.2, 0.25) is 0 Å². The molecular weight excluding hydrogens is 297 g/mol. The molecule has 0 saturated heterocycles. The second-order valence-corrected chi connectivity index (χ2v) is 6.43. The average molecular weight is 316 g/mol. The first kappa shape index (κ1) is 15.2. The number of alkyl halides is 1. The van der Waals surface area contributed by atoms with Crippen LogP contribution in [0.1, 0.15) is 39.3 Å². The Morgan fingerprint density at radius 1 is 1.28 bits per heavy atom. The normalized spacial score (nSPS) is 15.0. The van der Waals surface area contributed by atoms with Crippen molar-refractivity contribution in [2.24, 2.45) is 5.41 Å². The number of nitrogens with one attached hydrogen (secondary N) is 1. The van der Waals surface area contributed by atoms with Crippen LogP contribution in [0.25, 0.3) is 0 Å². The molecule has 0 aromatic heterocycles. The molecule has 0 heterocycles. The minimum absolute atomic E-state index is 0.0562. The fraction of sp³-hybridized carbons (Fsp3) is 0.500.